The van der Waals surface area contributed by atoms with Gasteiger partial charge in [-0.15, -0.1) is 0 Å². The normalized spacial score (nSPS) is 22.0. The average Bonchev–Trinajstić information content (AvgIpc) is 3.57. The minimum Gasteiger partial charge on any atom is -0.481 e. The summed E-state index contributed by atoms with van der Waals surface area (Å²) >= 11 is 3.95. The molecule has 29 heteroatoms. The van der Waals surface area contributed by atoms with Crippen molar-refractivity contribution in [1.29, 1.82) is 0 Å². The first-order valence-corrected chi connectivity index (χ1v) is 19.7. The smallest absolute Gasteiger partial charge is 0.481 e. The molecule has 296 valence electrons. The number of rotatable bonds is 18. The van der Waals surface area contributed by atoms with Gasteiger partial charge in [-0.05, 0) is 0 Å². The Balaban J connectivity index is 0.00000222. The number of hydrogen-bond acceptors (Lipinski definition) is 18. The quantitative estimate of drug-likeness (QED) is 0.0597. The summed E-state index contributed by atoms with van der Waals surface area (Å²) in [6.07, 6.45) is -6.74. The molecule has 3 rings (SSSR count). The van der Waals surface area contributed by atoms with Crippen molar-refractivity contribution in [2.45, 2.75) is 57.8 Å². The third kappa shape index (κ3) is 14.3. The van der Waals surface area contributed by atoms with E-state index in [1.807, 2.05) is 0 Å². The zero-order valence-electron chi connectivity index (χ0n) is 27.6. The van der Waals surface area contributed by atoms with Crippen molar-refractivity contribution in [3.63, 3.8) is 0 Å². The van der Waals surface area contributed by atoms with E-state index in [2.05, 4.69) is 47.0 Å². The fraction of sp³-hybridized carbons (Fsp3) is 0.652. The van der Waals surface area contributed by atoms with Crippen molar-refractivity contribution in [2.24, 2.45) is 5.41 Å². The number of anilines is 1. The van der Waals surface area contributed by atoms with Crippen molar-refractivity contribution in [3.05, 3.63) is 12.7 Å². The number of fused-ring (bicyclic) bond motifs is 1. The molecule has 0 aromatic carbocycles. The third-order valence-electron chi connectivity index (χ3n) is 6.51. The van der Waals surface area contributed by atoms with Crippen molar-refractivity contribution < 1.29 is 85.6 Å². The maximum absolute atomic E-state index is 12.6. The van der Waals surface area contributed by atoms with Crippen LogP contribution in [0.5, 0.6) is 0 Å². The Morgan fingerprint density at radius 1 is 1.12 bits per heavy atom. The number of carboxylic acid groups (broad SMARTS) is 1. The lowest BCUT2D eigenvalue weighted by Crippen LogP contribution is -2.46. The molecule has 2 aromatic rings. The summed E-state index contributed by atoms with van der Waals surface area (Å²) in [6.45, 7) is 1.81. The Morgan fingerprint density at radius 3 is 2.33 bits per heavy atom. The molecule has 0 bridgehead atoms. The van der Waals surface area contributed by atoms with Crippen LogP contribution in [0.15, 0.2) is 12.7 Å². The van der Waals surface area contributed by atoms with E-state index in [9.17, 15) is 53.1 Å². The van der Waals surface area contributed by atoms with Crippen LogP contribution in [0.3, 0.4) is 0 Å². The van der Waals surface area contributed by atoms with Gasteiger partial charge >= 0.3 is 23.5 Å². The zero-order valence-corrected chi connectivity index (χ0v) is 31.1. The van der Waals surface area contributed by atoms with Crippen molar-refractivity contribution >= 4 is 70.9 Å². The molecule has 0 aliphatic carbocycles. The summed E-state index contributed by atoms with van der Waals surface area (Å²) in [7, 11) is -16.3. The molecule has 0 radical (unpaired) electrons. The van der Waals surface area contributed by atoms with E-state index in [4.69, 9.17) is 29.4 Å². The molecule has 0 spiro atoms. The van der Waals surface area contributed by atoms with Gasteiger partial charge in [0.05, 0.1) is 19.5 Å². The number of thiol groups is 1. The number of aliphatic hydroxyl groups excluding tert-OH is 2. The van der Waals surface area contributed by atoms with Crippen LogP contribution >= 0.6 is 36.1 Å². The van der Waals surface area contributed by atoms with Gasteiger partial charge in [0.1, 0.15) is 36.3 Å². The molecule has 1 aliphatic heterocycles. The molecular weight excluding hydrogens is 789 g/mol. The summed E-state index contributed by atoms with van der Waals surface area (Å²) in [5.41, 5.74) is 4.30. The molecule has 11 N–H and O–H groups in total. The third-order valence-corrected chi connectivity index (χ3v) is 9.83. The number of nitrogen functional groups attached to an aromatic ring is 1. The summed E-state index contributed by atoms with van der Waals surface area (Å²) in [5, 5.41) is 33.5. The molecule has 1 aliphatic rings. The predicted molar refractivity (Wildman–Crippen MR) is 177 cm³/mol. The number of amides is 2. The Bertz CT molecular complexity index is 1690. The molecule has 1 saturated heterocycles. The first kappa shape index (κ1) is 45.5. The monoisotopic (exact) mass is 829 g/mol. The molecule has 1 fully saturated rings. The first-order chi connectivity index (χ1) is 23.9. The number of carbonyl (C=O) groups excluding carboxylic acids is 2. The number of aliphatic carboxylic acids is 1. The number of carboxylic acids is 1. The maximum atomic E-state index is 12.6. The molecule has 25 nitrogen and oxygen atoms in total. The fourth-order valence-corrected chi connectivity index (χ4v) is 7.08. The van der Waals surface area contributed by atoms with Crippen molar-refractivity contribution in [1.82, 2.24) is 30.2 Å². The largest absolute Gasteiger partial charge is 0.481 e. The molecule has 2 amide bonds. The Labute approximate surface area is 300 Å². The highest BCUT2D eigenvalue weighted by molar-refractivity contribution is 7.80. The van der Waals surface area contributed by atoms with E-state index >= 15 is 0 Å². The lowest BCUT2D eigenvalue weighted by atomic mass is 9.87. The van der Waals surface area contributed by atoms with E-state index in [1.54, 1.807) is 0 Å². The van der Waals surface area contributed by atoms with Crippen LogP contribution in [0.1, 0.15) is 33.4 Å². The van der Waals surface area contributed by atoms with Gasteiger partial charge in [0, 0.05) is 37.6 Å². The van der Waals surface area contributed by atoms with Gasteiger partial charge in [0.2, 0.25) is 11.8 Å². The van der Waals surface area contributed by atoms with E-state index in [0.717, 1.165) is 24.1 Å². The number of aliphatic hydroxyl groups is 2. The summed E-state index contributed by atoms with van der Waals surface area (Å²) in [5.74, 6) is -1.78. The second-order valence-corrected chi connectivity index (χ2v) is 16.0. The molecule has 52 heavy (non-hydrogen) atoms. The predicted octanol–water partition coefficient (Wildman–Crippen LogP) is -1.57. The SMILES string of the molecule is CC(C)(COP(=O)(O)OP(=O)(O)OC[C@H]1O[C@@H](n2cnc3c(N)ncnc32)[C@H](O)[C@@H]1OP(=O)(O)O)[C@@H](O)C(=O)NCCC(=O)NCCS.C[14C](=O)O. The van der Waals surface area contributed by atoms with Gasteiger partial charge in [-0.2, -0.15) is 16.9 Å². The van der Waals surface area contributed by atoms with Crippen LogP contribution in [0.4, 0.5) is 5.82 Å². The van der Waals surface area contributed by atoms with Crippen molar-refractivity contribution in [3.8, 4) is 0 Å². The van der Waals surface area contributed by atoms with Gasteiger partial charge < -0.3 is 56.0 Å². The summed E-state index contributed by atoms with van der Waals surface area (Å²) < 4.78 is 61.7. The Kier molecular flexibility index (Phi) is 16.7. The van der Waals surface area contributed by atoms with Crippen LogP contribution in [-0.2, 0) is 50.7 Å². The highest BCUT2D eigenvalue weighted by Crippen LogP contribution is 2.61. The van der Waals surface area contributed by atoms with Crippen LogP contribution in [0.2, 0.25) is 0 Å². The van der Waals surface area contributed by atoms with Crippen LogP contribution in [0.25, 0.3) is 11.2 Å². The number of aromatic nitrogens is 4. The Hall–Kier alpha value is -2.64. The number of carbonyl (C=O) groups is 3. The van der Waals surface area contributed by atoms with Gasteiger partial charge in [0.25, 0.3) is 5.97 Å². The van der Waals surface area contributed by atoms with Crippen LogP contribution in [0, 0.1) is 5.41 Å². The fourth-order valence-electron chi connectivity index (χ4n) is 4.14. The van der Waals surface area contributed by atoms with E-state index in [0.29, 0.717) is 12.3 Å². The first-order valence-electron chi connectivity index (χ1n) is 14.6. The lowest BCUT2D eigenvalue weighted by Gasteiger charge is -2.30. The second kappa shape index (κ2) is 19.1. The van der Waals surface area contributed by atoms with Gasteiger partial charge in [-0.1, -0.05) is 13.8 Å². The number of nitrogens with zero attached hydrogens (tertiary/aromatic N) is 4. The minimum absolute atomic E-state index is 0.0363. The number of ether oxygens (including phenoxy) is 1. The summed E-state index contributed by atoms with van der Waals surface area (Å²) in [6, 6.07) is 0. The molecule has 2 unspecified atom stereocenters. The van der Waals surface area contributed by atoms with Gasteiger partial charge in [-0.3, -0.25) is 32.5 Å². The lowest BCUT2D eigenvalue weighted by molar-refractivity contribution is -0.137. The number of hydrogen-bond donors (Lipinski definition) is 11. The minimum atomic E-state index is -5.54. The average molecular weight is 830 g/mol. The van der Waals surface area contributed by atoms with E-state index in [1.165, 1.54) is 13.8 Å². The summed E-state index contributed by atoms with van der Waals surface area (Å²) in [4.78, 5) is 83.6. The van der Waals surface area contributed by atoms with Crippen LogP contribution < -0.4 is 16.4 Å². The number of nitrogens with two attached hydrogens (primary N) is 1. The topological polar surface area (TPSA) is 384 Å². The standard InChI is InChI=1S/C21H36N7O16P3S.C2H4O2/c1-21(2,16(31)19(32)24-4-3-12(29)23-5-6-48)8-41-47(38,39)44-46(36,37)40-7-11-15(43-45(33,34)35)14(30)20(42-11)28-10-27-13-17(22)25-9-26-18(13)28;1-2(3)4/h9-11,14-16,20,30-31,48H,3-8H2,1-2H3,(H,23,29)(H,24,32)(H,36,37)(H,38,39)(H2,22,25,26)(H2,33,34,35);1H3,(H,3,4)/t11-,14-,15-,16+,20-;/m1./s1/i;2+2. The van der Waals surface area contributed by atoms with Gasteiger partial charge in [-0.25, -0.2) is 28.6 Å². The number of nitrogens with one attached hydrogen (secondary N) is 2. The highest BCUT2D eigenvalue weighted by Gasteiger charge is 2.50. The molecule has 2 aromatic heterocycles. The molecule has 7 atom stereocenters. The second-order valence-electron chi connectivity index (χ2n) is 11.3. The highest BCUT2D eigenvalue weighted by atomic mass is 32.1. The van der Waals surface area contributed by atoms with Crippen molar-refractivity contribution in [2.75, 3.05) is 37.8 Å². The number of imidazole rings is 1. The van der Waals surface area contributed by atoms with E-state index < -0.39 is 84.6 Å². The van der Waals surface area contributed by atoms with Gasteiger partial charge in [0.15, 0.2) is 17.7 Å². The molecule has 0 saturated carbocycles. The number of phosphoric ester groups is 3. The molecule has 3 heterocycles. The zero-order chi connectivity index (χ0) is 39.7. The number of phosphoric acid groups is 3. The maximum Gasteiger partial charge on any atom is 0.481 e. The molecular formula is C23H40N7O18P3S. The van der Waals surface area contributed by atoms with Crippen LogP contribution in [-0.4, -0.2) is 129 Å². The van der Waals surface area contributed by atoms with E-state index in [-0.39, 0.29) is 35.9 Å². The Morgan fingerprint density at radius 2 is 1.73 bits per heavy atom.